The maximum Gasteiger partial charge on any atom is 0.261 e. The van der Waals surface area contributed by atoms with Gasteiger partial charge in [-0.25, -0.2) is 4.98 Å². The number of aromatic amines is 2. The van der Waals surface area contributed by atoms with Crippen molar-refractivity contribution in [3.8, 4) is 11.4 Å². The van der Waals surface area contributed by atoms with Crippen molar-refractivity contribution in [1.82, 2.24) is 15.0 Å². The van der Waals surface area contributed by atoms with Crippen molar-refractivity contribution in [2.75, 3.05) is 11.9 Å². The first kappa shape index (κ1) is 17.0. The van der Waals surface area contributed by atoms with Gasteiger partial charge in [0.1, 0.15) is 11.4 Å². The van der Waals surface area contributed by atoms with Gasteiger partial charge in [-0.1, -0.05) is 23.7 Å². The van der Waals surface area contributed by atoms with Crippen LogP contribution in [0.25, 0.3) is 33.3 Å². The average molecular weight is 392 g/mol. The highest BCUT2D eigenvalue weighted by atomic mass is 35.5. The first-order chi connectivity index (χ1) is 13.7. The Bertz CT molecular complexity index is 1240. The summed E-state index contributed by atoms with van der Waals surface area (Å²) in [5, 5.41) is 5.02. The van der Waals surface area contributed by atoms with Gasteiger partial charge in [0.2, 0.25) is 0 Å². The molecule has 0 bridgehead atoms. The maximum atomic E-state index is 13.0. The van der Waals surface area contributed by atoms with E-state index in [0.717, 1.165) is 40.5 Å². The third-order valence-corrected chi connectivity index (χ3v) is 5.29. The van der Waals surface area contributed by atoms with Gasteiger partial charge >= 0.3 is 0 Å². The molecule has 0 aliphatic carbocycles. The normalized spacial score (nSPS) is 16.7. The van der Waals surface area contributed by atoms with E-state index in [2.05, 4.69) is 25.3 Å². The highest BCUT2D eigenvalue weighted by Gasteiger charge is 2.21. The predicted molar refractivity (Wildman–Crippen MR) is 115 cm³/mol. The molecule has 28 heavy (non-hydrogen) atoms. The summed E-state index contributed by atoms with van der Waals surface area (Å²) in [5.41, 5.74) is 3.46. The Balaban J connectivity index is 1.76. The molecule has 0 fully saturated rings. The number of imidazole rings is 1. The summed E-state index contributed by atoms with van der Waals surface area (Å²) in [6.07, 6.45) is 3.82. The van der Waals surface area contributed by atoms with Crippen LogP contribution in [0.15, 0.2) is 52.3 Å². The minimum absolute atomic E-state index is 0.150. The van der Waals surface area contributed by atoms with Crippen molar-refractivity contribution in [2.45, 2.75) is 18.9 Å². The summed E-state index contributed by atoms with van der Waals surface area (Å²) in [6, 6.07) is 13.3. The van der Waals surface area contributed by atoms with Gasteiger partial charge in [-0.3, -0.25) is 9.79 Å². The van der Waals surface area contributed by atoms with Crippen LogP contribution < -0.4 is 10.9 Å². The Morgan fingerprint density at radius 2 is 2.00 bits per heavy atom. The van der Waals surface area contributed by atoms with Gasteiger partial charge in [0.05, 0.1) is 28.8 Å². The third kappa shape index (κ3) is 2.96. The van der Waals surface area contributed by atoms with Gasteiger partial charge in [0, 0.05) is 16.5 Å². The lowest BCUT2D eigenvalue weighted by Crippen LogP contribution is -2.27. The van der Waals surface area contributed by atoms with Crippen molar-refractivity contribution in [3.05, 3.63) is 57.8 Å². The molecule has 1 aliphatic rings. The van der Waals surface area contributed by atoms with E-state index in [0.29, 0.717) is 23.0 Å². The molecule has 1 atom stereocenters. The number of nitrogens with one attached hydrogen (secondary N) is 3. The fraction of sp³-hybridized carbons (Fsp3) is 0.190. The number of benzene rings is 2. The molecule has 2 aromatic heterocycles. The van der Waals surface area contributed by atoms with E-state index in [-0.39, 0.29) is 11.6 Å². The highest BCUT2D eigenvalue weighted by molar-refractivity contribution is 6.31. The minimum atomic E-state index is -0.198. The molecule has 140 valence electrons. The number of anilines is 1. The Morgan fingerprint density at radius 3 is 2.82 bits per heavy atom. The van der Waals surface area contributed by atoms with E-state index in [4.69, 9.17) is 11.6 Å². The standard InChI is InChI=1S/C21H18ClN5O/c22-12-7-8-15-14(10-12)19(24-13-4-3-9-23-11-13)18(21(28)27-15)20-25-16-5-1-2-6-17(16)26-20/h1-2,5-10,13H,3-4,11H2,(H,25,26)(H2,24,27,28)/t13-/m1/s1. The molecule has 2 aromatic carbocycles. The quantitative estimate of drug-likeness (QED) is 0.484. The van der Waals surface area contributed by atoms with Crippen LogP contribution >= 0.6 is 11.6 Å². The molecular formula is C21H18ClN5O. The Hall–Kier alpha value is -3.12. The van der Waals surface area contributed by atoms with Gasteiger partial charge in [-0.2, -0.15) is 0 Å². The van der Waals surface area contributed by atoms with E-state index in [1.165, 1.54) is 0 Å². The number of H-pyrrole nitrogens is 2. The van der Waals surface area contributed by atoms with Crippen LogP contribution in [0.1, 0.15) is 12.8 Å². The second-order valence-electron chi connectivity index (χ2n) is 6.96. The van der Waals surface area contributed by atoms with Crippen LogP contribution in [-0.2, 0) is 0 Å². The van der Waals surface area contributed by atoms with Crippen LogP contribution in [0.5, 0.6) is 0 Å². The second-order valence-corrected chi connectivity index (χ2v) is 7.40. The van der Waals surface area contributed by atoms with Crippen LogP contribution in [0, 0.1) is 0 Å². The zero-order valence-electron chi connectivity index (χ0n) is 15.0. The van der Waals surface area contributed by atoms with Crippen LogP contribution in [0.2, 0.25) is 5.02 Å². The second kappa shape index (κ2) is 6.80. The van der Waals surface area contributed by atoms with E-state index in [1.807, 2.05) is 42.6 Å². The third-order valence-electron chi connectivity index (χ3n) is 5.05. The van der Waals surface area contributed by atoms with Gasteiger partial charge < -0.3 is 15.3 Å². The molecule has 3 N–H and O–H groups in total. The molecule has 0 unspecified atom stereocenters. The fourth-order valence-electron chi connectivity index (χ4n) is 3.69. The Morgan fingerprint density at radius 1 is 1.11 bits per heavy atom. The Labute approximate surface area is 165 Å². The summed E-state index contributed by atoms with van der Waals surface area (Å²) in [4.78, 5) is 28.3. The number of para-hydroxylation sites is 2. The Kier molecular flexibility index (Phi) is 4.13. The van der Waals surface area contributed by atoms with E-state index < -0.39 is 0 Å². The number of rotatable bonds is 3. The van der Waals surface area contributed by atoms with E-state index >= 15 is 0 Å². The number of pyridine rings is 1. The van der Waals surface area contributed by atoms with Crippen molar-refractivity contribution < 1.29 is 0 Å². The number of aromatic nitrogens is 3. The number of fused-ring (bicyclic) bond motifs is 2. The zero-order chi connectivity index (χ0) is 19.1. The van der Waals surface area contributed by atoms with Crippen molar-refractivity contribution in [1.29, 1.82) is 0 Å². The molecule has 4 aromatic rings. The molecule has 0 saturated carbocycles. The van der Waals surface area contributed by atoms with Crippen LogP contribution in [0.4, 0.5) is 5.69 Å². The molecule has 3 heterocycles. The number of hydrogen-bond acceptors (Lipinski definition) is 4. The van der Waals surface area contributed by atoms with Crippen LogP contribution in [0.3, 0.4) is 0 Å². The smallest absolute Gasteiger partial charge is 0.261 e. The first-order valence-corrected chi connectivity index (χ1v) is 9.62. The van der Waals surface area contributed by atoms with E-state index in [1.54, 1.807) is 6.07 Å². The summed E-state index contributed by atoms with van der Waals surface area (Å²) < 4.78 is 0. The number of hydrogen-bond donors (Lipinski definition) is 3. The summed E-state index contributed by atoms with van der Waals surface area (Å²) in [5.74, 6) is 0.533. The van der Waals surface area contributed by atoms with Crippen molar-refractivity contribution >= 4 is 45.4 Å². The SMILES string of the molecule is O=c1[nH]c2ccc(Cl)cc2c(N[C@@H]2CCC=NC2)c1-c1nc2ccccc2[nH]1. The van der Waals surface area contributed by atoms with Crippen LogP contribution in [-0.4, -0.2) is 33.8 Å². The average Bonchev–Trinajstić information content (AvgIpc) is 3.13. The lowest BCUT2D eigenvalue weighted by atomic mass is 10.0. The zero-order valence-corrected chi connectivity index (χ0v) is 15.8. The van der Waals surface area contributed by atoms with Gasteiger partial charge in [0.25, 0.3) is 5.56 Å². The molecule has 1 aliphatic heterocycles. The number of aliphatic imine (C=N–C) groups is 1. The fourth-order valence-corrected chi connectivity index (χ4v) is 3.87. The largest absolute Gasteiger partial charge is 0.379 e. The minimum Gasteiger partial charge on any atom is -0.379 e. The molecule has 0 radical (unpaired) electrons. The van der Waals surface area contributed by atoms with E-state index in [9.17, 15) is 4.79 Å². The number of halogens is 1. The lowest BCUT2D eigenvalue weighted by molar-refractivity contribution is 0.662. The molecule has 6 nitrogen and oxygen atoms in total. The molecule has 0 amide bonds. The van der Waals surface area contributed by atoms with Gasteiger partial charge in [0.15, 0.2) is 0 Å². The maximum absolute atomic E-state index is 13.0. The lowest BCUT2D eigenvalue weighted by Gasteiger charge is -2.22. The monoisotopic (exact) mass is 391 g/mol. The first-order valence-electron chi connectivity index (χ1n) is 9.24. The molecule has 0 saturated heterocycles. The van der Waals surface area contributed by atoms with Crippen molar-refractivity contribution in [3.63, 3.8) is 0 Å². The topological polar surface area (TPSA) is 85.9 Å². The van der Waals surface area contributed by atoms with Gasteiger partial charge in [-0.15, -0.1) is 0 Å². The predicted octanol–water partition coefficient (Wildman–Crippen LogP) is 4.37. The van der Waals surface area contributed by atoms with Gasteiger partial charge in [-0.05, 0) is 49.4 Å². The number of nitrogens with zero attached hydrogens (tertiary/aromatic N) is 2. The summed E-state index contributed by atoms with van der Waals surface area (Å²) >= 11 is 6.27. The summed E-state index contributed by atoms with van der Waals surface area (Å²) in [6.45, 7) is 0.675. The molecular weight excluding hydrogens is 374 g/mol. The summed E-state index contributed by atoms with van der Waals surface area (Å²) in [7, 11) is 0. The van der Waals surface area contributed by atoms with Crippen molar-refractivity contribution in [2.24, 2.45) is 4.99 Å². The molecule has 7 heteroatoms. The highest BCUT2D eigenvalue weighted by Crippen LogP contribution is 2.33. The molecule has 5 rings (SSSR count). The molecule has 0 spiro atoms.